The van der Waals surface area contributed by atoms with Crippen LogP contribution in [0.5, 0.6) is 11.5 Å². The van der Waals surface area contributed by atoms with Crippen LogP contribution in [-0.2, 0) is 4.79 Å². The predicted molar refractivity (Wildman–Crippen MR) is 82.4 cm³/mol. The van der Waals surface area contributed by atoms with Gasteiger partial charge >= 0.3 is 0 Å². The summed E-state index contributed by atoms with van der Waals surface area (Å²) in [6, 6.07) is 3.52. The van der Waals surface area contributed by atoms with E-state index in [-0.39, 0.29) is 11.8 Å². The molecule has 0 aliphatic carbocycles. The second-order valence-corrected chi connectivity index (χ2v) is 5.32. The average molecular weight is 306 g/mol. The van der Waals surface area contributed by atoms with E-state index in [1.807, 2.05) is 6.92 Å². The zero-order valence-corrected chi connectivity index (χ0v) is 13.5. The molecule has 6 nitrogen and oxygen atoms in total. The Balaban J connectivity index is 2.18. The Labute approximate surface area is 130 Å². The van der Waals surface area contributed by atoms with Crippen LogP contribution in [0.4, 0.5) is 0 Å². The van der Waals surface area contributed by atoms with Gasteiger partial charge in [0.25, 0.3) is 5.91 Å². The first kappa shape index (κ1) is 16.1. The van der Waals surface area contributed by atoms with Crippen LogP contribution < -0.4 is 9.47 Å². The van der Waals surface area contributed by atoms with Crippen molar-refractivity contribution in [2.75, 3.05) is 40.4 Å². The maximum Gasteiger partial charge on any atom is 0.254 e. The first-order chi connectivity index (χ1) is 10.5. The van der Waals surface area contributed by atoms with E-state index < -0.39 is 0 Å². The van der Waals surface area contributed by atoms with E-state index in [1.165, 1.54) is 0 Å². The van der Waals surface area contributed by atoms with E-state index in [4.69, 9.17) is 9.47 Å². The van der Waals surface area contributed by atoms with Gasteiger partial charge < -0.3 is 19.3 Å². The SMILES string of the molecule is COc1cc(C)c(C(=O)N2CCN(C(C)=O)CC2)cc1OC. The lowest BCUT2D eigenvalue weighted by atomic mass is 10.1. The molecule has 0 unspecified atom stereocenters. The lowest BCUT2D eigenvalue weighted by Gasteiger charge is -2.34. The van der Waals surface area contributed by atoms with Gasteiger partial charge in [0.1, 0.15) is 0 Å². The van der Waals surface area contributed by atoms with Crippen LogP contribution in [-0.4, -0.2) is 62.0 Å². The molecule has 0 bridgehead atoms. The number of methoxy groups -OCH3 is 2. The predicted octanol–water partition coefficient (Wildman–Crippen LogP) is 1.32. The van der Waals surface area contributed by atoms with E-state index >= 15 is 0 Å². The molecular formula is C16H22N2O4. The van der Waals surface area contributed by atoms with Crippen LogP contribution in [0.3, 0.4) is 0 Å². The molecule has 22 heavy (non-hydrogen) atoms. The summed E-state index contributed by atoms with van der Waals surface area (Å²) >= 11 is 0. The van der Waals surface area contributed by atoms with Crippen molar-refractivity contribution in [3.63, 3.8) is 0 Å². The maximum atomic E-state index is 12.7. The molecule has 1 fully saturated rings. The number of carbonyl (C=O) groups excluding carboxylic acids is 2. The van der Waals surface area contributed by atoms with Gasteiger partial charge in [0.05, 0.1) is 14.2 Å². The third kappa shape index (κ3) is 3.16. The van der Waals surface area contributed by atoms with Gasteiger partial charge in [-0.3, -0.25) is 9.59 Å². The highest BCUT2D eigenvalue weighted by Crippen LogP contribution is 2.30. The van der Waals surface area contributed by atoms with Gasteiger partial charge in [-0.15, -0.1) is 0 Å². The summed E-state index contributed by atoms with van der Waals surface area (Å²) in [5.74, 6) is 1.16. The molecule has 1 aromatic carbocycles. The third-order valence-corrected chi connectivity index (χ3v) is 3.97. The molecule has 1 aliphatic rings. The molecule has 1 heterocycles. The normalized spacial score (nSPS) is 14.7. The van der Waals surface area contributed by atoms with Crippen LogP contribution in [0.25, 0.3) is 0 Å². The Kier molecular flexibility index (Phi) is 4.90. The fourth-order valence-corrected chi connectivity index (χ4v) is 2.61. The van der Waals surface area contributed by atoms with E-state index in [1.54, 1.807) is 43.1 Å². The first-order valence-electron chi connectivity index (χ1n) is 7.25. The van der Waals surface area contributed by atoms with Crippen LogP contribution in [0, 0.1) is 6.92 Å². The zero-order chi connectivity index (χ0) is 16.3. The lowest BCUT2D eigenvalue weighted by Crippen LogP contribution is -2.50. The quantitative estimate of drug-likeness (QED) is 0.845. The number of amides is 2. The molecule has 1 saturated heterocycles. The van der Waals surface area contributed by atoms with Crippen molar-refractivity contribution >= 4 is 11.8 Å². The van der Waals surface area contributed by atoms with Gasteiger partial charge in [-0.1, -0.05) is 0 Å². The standard InChI is InChI=1S/C16H22N2O4/c1-11-9-14(21-3)15(22-4)10-13(11)16(20)18-7-5-17(6-8-18)12(2)19/h9-10H,5-8H2,1-4H3. The van der Waals surface area contributed by atoms with Crippen LogP contribution in [0.2, 0.25) is 0 Å². The number of hydrogen-bond acceptors (Lipinski definition) is 4. The molecular weight excluding hydrogens is 284 g/mol. The van der Waals surface area contributed by atoms with Crippen molar-refractivity contribution in [3.8, 4) is 11.5 Å². The van der Waals surface area contributed by atoms with Gasteiger partial charge in [0.15, 0.2) is 11.5 Å². The fourth-order valence-electron chi connectivity index (χ4n) is 2.61. The van der Waals surface area contributed by atoms with Crippen LogP contribution in [0.1, 0.15) is 22.8 Å². The summed E-state index contributed by atoms with van der Waals surface area (Å²) in [5, 5.41) is 0. The van der Waals surface area contributed by atoms with Gasteiger partial charge in [-0.25, -0.2) is 0 Å². The number of carbonyl (C=O) groups is 2. The second kappa shape index (κ2) is 6.68. The highest BCUT2D eigenvalue weighted by Gasteiger charge is 2.25. The van der Waals surface area contributed by atoms with Gasteiger partial charge in [-0.05, 0) is 24.6 Å². The van der Waals surface area contributed by atoms with Crippen molar-refractivity contribution in [2.24, 2.45) is 0 Å². The minimum Gasteiger partial charge on any atom is -0.493 e. The van der Waals surface area contributed by atoms with E-state index in [2.05, 4.69) is 0 Å². The summed E-state index contributed by atoms with van der Waals surface area (Å²) in [6.45, 7) is 5.68. The number of ether oxygens (including phenoxy) is 2. The number of rotatable bonds is 3. The molecule has 1 aromatic rings. The number of hydrogen-bond donors (Lipinski definition) is 0. The molecule has 0 spiro atoms. The average Bonchev–Trinajstić information content (AvgIpc) is 2.53. The molecule has 2 amide bonds. The lowest BCUT2D eigenvalue weighted by molar-refractivity contribution is -0.130. The Hall–Kier alpha value is -2.24. The van der Waals surface area contributed by atoms with E-state index in [9.17, 15) is 9.59 Å². The number of benzene rings is 1. The fraction of sp³-hybridized carbons (Fsp3) is 0.500. The van der Waals surface area contributed by atoms with E-state index in [0.29, 0.717) is 43.2 Å². The third-order valence-electron chi connectivity index (χ3n) is 3.97. The molecule has 2 rings (SSSR count). The largest absolute Gasteiger partial charge is 0.493 e. The summed E-state index contributed by atoms with van der Waals surface area (Å²) in [4.78, 5) is 27.6. The highest BCUT2D eigenvalue weighted by atomic mass is 16.5. The number of piperazine rings is 1. The molecule has 0 saturated carbocycles. The number of aryl methyl sites for hydroxylation is 1. The maximum absolute atomic E-state index is 12.7. The summed E-state index contributed by atoms with van der Waals surface area (Å²) in [5.41, 5.74) is 1.45. The monoisotopic (exact) mass is 306 g/mol. The molecule has 6 heteroatoms. The molecule has 0 radical (unpaired) electrons. The van der Waals surface area contributed by atoms with Crippen LogP contribution >= 0.6 is 0 Å². The number of nitrogens with zero attached hydrogens (tertiary/aromatic N) is 2. The Morgan fingerprint density at radius 1 is 0.955 bits per heavy atom. The molecule has 1 aliphatic heterocycles. The summed E-state index contributed by atoms with van der Waals surface area (Å²) in [7, 11) is 3.12. The zero-order valence-electron chi connectivity index (χ0n) is 13.5. The minimum absolute atomic E-state index is 0.0401. The highest BCUT2D eigenvalue weighted by molar-refractivity contribution is 5.96. The minimum atomic E-state index is -0.0401. The smallest absolute Gasteiger partial charge is 0.254 e. The summed E-state index contributed by atoms with van der Waals surface area (Å²) < 4.78 is 10.5. The Morgan fingerprint density at radius 2 is 1.45 bits per heavy atom. The molecule has 0 aromatic heterocycles. The van der Waals surface area contributed by atoms with Crippen molar-refractivity contribution in [1.82, 2.24) is 9.80 Å². The van der Waals surface area contributed by atoms with Crippen LogP contribution in [0.15, 0.2) is 12.1 Å². The van der Waals surface area contributed by atoms with E-state index in [0.717, 1.165) is 5.56 Å². The van der Waals surface area contributed by atoms with Gasteiger partial charge in [0, 0.05) is 38.7 Å². The topological polar surface area (TPSA) is 59.1 Å². The molecule has 0 atom stereocenters. The van der Waals surface area contributed by atoms with Gasteiger partial charge in [-0.2, -0.15) is 0 Å². The van der Waals surface area contributed by atoms with Crippen molar-refractivity contribution in [1.29, 1.82) is 0 Å². The Bertz CT molecular complexity index is 578. The molecule has 120 valence electrons. The van der Waals surface area contributed by atoms with Crippen molar-refractivity contribution in [3.05, 3.63) is 23.3 Å². The summed E-state index contributed by atoms with van der Waals surface area (Å²) in [6.07, 6.45) is 0. The van der Waals surface area contributed by atoms with Gasteiger partial charge in [0.2, 0.25) is 5.91 Å². The molecule has 0 N–H and O–H groups in total. The second-order valence-electron chi connectivity index (χ2n) is 5.32. The van der Waals surface area contributed by atoms with Crippen molar-refractivity contribution < 1.29 is 19.1 Å². The first-order valence-corrected chi connectivity index (χ1v) is 7.25. The Morgan fingerprint density at radius 3 is 1.95 bits per heavy atom. The van der Waals surface area contributed by atoms with Crippen molar-refractivity contribution in [2.45, 2.75) is 13.8 Å².